The van der Waals surface area contributed by atoms with Crippen molar-refractivity contribution in [2.75, 3.05) is 6.54 Å². The second-order valence-corrected chi connectivity index (χ2v) is 6.14. The lowest BCUT2D eigenvalue weighted by molar-refractivity contribution is 0.441. The van der Waals surface area contributed by atoms with Gasteiger partial charge in [-0.05, 0) is 52.0 Å². The molecule has 6 heteroatoms. The molecule has 3 aromatic rings. The number of aryl methyl sites for hydroxylation is 2. The van der Waals surface area contributed by atoms with E-state index >= 15 is 0 Å². The van der Waals surface area contributed by atoms with E-state index in [0.717, 1.165) is 41.1 Å². The molecule has 3 rings (SSSR count). The fraction of sp³-hybridized carbons (Fsp3) is 0.368. The van der Waals surface area contributed by atoms with Crippen LogP contribution in [0.25, 0.3) is 5.65 Å². The van der Waals surface area contributed by atoms with Gasteiger partial charge in [-0.3, -0.25) is 0 Å². The third-order valence-corrected chi connectivity index (χ3v) is 4.03. The molecule has 0 aromatic carbocycles. The Morgan fingerprint density at radius 1 is 1.28 bits per heavy atom. The van der Waals surface area contributed by atoms with Crippen molar-refractivity contribution in [3.63, 3.8) is 0 Å². The third-order valence-electron chi connectivity index (χ3n) is 4.03. The largest absolute Gasteiger partial charge is 0.464 e. The quantitative estimate of drug-likeness (QED) is 0.552. The van der Waals surface area contributed by atoms with Crippen molar-refractivity contribution in [3.05, 3.63) is 59.4 Å². The maximum atomic E-state index is 5.68. The van der Waals surface area contributed by atoms with E-state index in [4.69, 9.17) is 4.42 Å². The highest BCUT2D eigenvalue weighted by molar-refractivity contribution is 5.80. The molecular formula is C19H25N5O. The number of furan rings is 1. The van der Waals surface area contributed by atoms with E-state index in [1.165, 1.54) is 0 Å². The summed E-state index contributed by atoms with van der Waals surface area (Å²) in [4.78, 5) is 9.29. The summed E-state index contributed by atoms with van der Waals surface area (Å²) in [7, 11) is 0. The van der Waals surface area contributed by atoms with E-state index in [9.17, 15) is 0 Å². The molecule has 0 saturated carbocycles. The summed E-state index contributed by atoms with van der Waals surface area (Å²) in [6.45, 7) is 9.42. The minimum Gasteiger partial charge on any atom is -0.464 e. The monoisotopic (exact) mass is 339 g/mol. The zero-order chi connectivity index (χ0) is 17.8. The van der Waals surface area contributed by atoms with Crippen LogP contribution in [0.15, 0.2) is 45.9 Å². The molecule has 0 radical (unpaired) electrons. The van der Waals surface area contributed by atoms with Crippen LogP contribution in [-0.4, -0.2) is 21.9 Å². The summed E-state index contributed by atoms with van der Waals surface area (Å²) >= 11 is 0. The predicted octanol–water partition coefficient (Wildman–Crippen LogP) is 3.36. The first-order valence-corrected chi connectivity index (χ1v) is 8.61. The van der Waals surface area contributed by atoms with Crippen LogP contribution in [0, 0.1) is 13.8 Å². The number of rotatable bonds is 5. The molecule has 0 aliphatic rings. The molecule has 0 bridgehead atoms. The highest BCUT2D eigenvalue weighted by atomic mass is 16.3. The van der Waals surface area contributed by atoms with Crippen molar-refractivity contribution in [1.82, 2.24) is 20.0 Å². The molecule has 6 nitrogen and oxygen atoms in total. The van der Waals surface area contributed by atoms with Gasteiger partial charge < -0.3 is 19.5 Å². The van der Waals surface area contributed by atoms with Crippen molar-refractivity contribution < 1.29 is 4.42 Å². The average molecular weight is 339 g/mol. The minimum absolute atomic E-state index is 0.0369. The molecule has 3 heterocycles. The summed E-state index contributed by atoms with van der Waals surface area (Å²) in [5.41, 5.74) is 3.04. The third kappa shape index (κ3) is 4.02. The molecule has 1 atom stereocenters. The summed E-state index contributed by atoms with van der Waals surface area (Å²) in [5, 5.41) is 6.64. The van der Waals surface area contributed by atoms with E-state index < -0.39 is 0 Å². The molecule has 132 valence electrons. The summed E-state index contributed by atoms with van der Waals surface area (Å²) < 4.78 is 7.76. The van der Waals surface area contributed by atoms with Gasteiger partial charge in [-0.25, -0.2) is 9.98 Å². The van der Waals surface area contributed by atoms with Gasteiger partial charge in [0.25, 0.3) is 0 Å². The number of guanidine groups is 1. The molecule has 0 fully saturated rings. The van der Waals surface area contributed by atoms with Crippen LogP contribution in [-0.2, 0) is 6.54 Å². The Labute approximate surface area is 148 Å². The van der Waals surface area contributed by atoms with Crippen molar-refractivity contribution >= 4 is 11.6 Å². The molecule has 1 unspecified atom stereocenters. The topological polar surface area (TPSA) is 66.9 Å². The summed E-state index contributed by atoms with van der Waals surface area (Å²) in [6, 6.07) is 10.1. The molecule has 2 N–H and O–H groups in total. The van der Waals surface area contributed by atoms with Crippen LogP contribution < -0.4 is 10.6 Å². The number of aliphatic imine (C=N–C) groups is 1. The number of hydrogen-bond acceptors (Lipinski definition) is 3. The van der Waals surface area contributed by atoms with E-state index in [1.54, 1.807) is 0 Å². The smallest absolute Gasteiger partial charge is 0.192 e. The van der Waals surface area contributed by atoms with Gasteiger partial charge in [0.2, 0.25) is 0 Å². The minimum atomic E-state index is 0.0369. The van der Waals surface area contributed by atoms with Crippen LogP contribution in [0.1, 0.15) is 42.8 Å². The molecule has 0 aliphatic carbocycles. The highest BCUT2D eigenvalue weighted by Gasteiger charge is 2.11. The zero-order valence-corrected chi connectivity index (χ0v) is 15.2. The molecule has 0 spiro atoms. The Morgan fingerprint density at radius 3 is 2.80 bits per heavy atom. The van der Waals surface area contributed by atoms with Crippen molar-refractivity contribution in [1.29, 1.82) is 0 Å². The summed E-state index contributed by atoms with van der Waals surface area (Å²) in [5.74, 6) is 2.55. The van der Waals surface area contributed by atoms with Crippen LogP contribution in [0.4, 0.5) is 0 Å². The second-order valence-electron chi connectivity index (χ2n) is 6.14. The maximum absolute atomic E-state index is 5.68. The van der Waals surface area contributed by atoms with Crippen LogP contribution in [0.2, 0.25) is 0 Å². The van der Waals surface area contributed by atoms with Gasteiger partial charge in [0, 0.05) is 18.4 Å². The second kappa shape index (κ2) is 7.42. The van der Waals surface area contributed by atoms with Crippen molar-refractivity contribution in [2.24, 2.45) is 4.99 Å². The van der Waals surface area contributed by atoms with Gasteiger partial charge in [0.15, 0.2) is 5.96 Å². The SMILES string of the molecule is CCNC(=NCc1cn2c(C)cccc2n1)NC(C)c1ccc(C)o1. The van der Waals surface area contributed by atoms with Crippen LogP contribution in [0.3, 0.4) is 0 Å². The molecule has 0 amide bonds. The van der Waals surface area contributed by atoms with Gasteiger partial charge in [-0.1, -0.05) is 6.07 Å². The Morgan fingerprint density at radius 2 is 2.12 bits per heavy atom. The lowest BCUT2D eigenvalue weighted by atomic mass is 10.2. The van der Waals surface area contributed by atoms with Crippen molar-refractivity contribution in [2.45, 2.75) is 40.3 Å². The number of imidazole rings is 1. The number of nitrogens with zero attached hydrogens (tertiary/aromatic N) is 3. The first-order chi connectivity index (χ1) is 12.1. The number of aromatic nitrogens is 2. The normalized spacial score (nSPS) is 13.2. The van der Waals surface area contributed by atoms with Gasteiger partial charge in [0.05, 0.1) is 18.3 Å². The molecule has 0 aliphatic heterocycles. The molecule has 0 saturated heterocycles. The van der Waals surface area contributed by atoms with Gasteiger partial charge >= 0.3 is 0 Å². The van der Waals surface area contributed by atoms with Crippen molar-refractivity contribution in [3.8, 4) is 0 Å². The Balaban J connectivity index is 1.73. The molecule has 25 heavy (non-hydrogen) atoms. The summed E-state index contributed by atoms with van der Waals surface area (Å²) in [6.07, 6.45) is 2.04. The van der Waals surface area contributed by atoms with E-state index in [0.29, 0.717) is 6.54 Å². The molecule has 3 aromatic heterocycles. The number of fused-ring (bicyclic) bond motifs is 1. The fourth-order valence-electron chi connectivity index (χ4n) is 2.72. The van der Waals surface area contributed by atoms with Gasteiger partial charge in [0.1, 0.15) is 17.2 Å². The zero-order valence-electron chi connectivity index (χ0n) is 15.2. The number of hydrogen-bond donors (Lipinski definition) is 2. The van der Waals surface area contributed by atoms with Crippen LogP contribution in [0.5, 0.6) is 0 Å². The van der Waals surface area contributed by atoms with E-state index in [2.05, 4.69) is 44.9 Å². The first kappa shape index (κ1) is 17.1. The van der Waals surface area contributed by atoms with Crippen LogP contribution >= 0.6 is 0 Å². The molecular weight excluding hydrogens is 314 g/mol. The van der Waals surface area contributed by atoms with Gasteiger partial charge in [-0.2, -0.15) is 0 Å². The average Bonchev–Trinajstić information content (AvgIpc) is 3.19. The lowest BCUT2D eigenvalue weighted by Gasteiger charge is -2.15. The standard InChI is InChI=1S/C19H25N5O/c1-5-20-19(22-15(4)17-10-9-14(3)25-17)21-11-16-12-24-13(2)7-6-8-18(24)23-16/h6-10,12,15H,5,11H2,1-4H3,(H2,20,21,22). The number of nitrogens with one attached hydrogen (secondary N) is 2. The Bertz CT molecular complexity index is 877. The van der Waals surface area contributed by atoms with E-state index in [-0.39, 0.29) is 6.04 Å². The highest BCUT2D eigenvalue weighted by Crippen LogP contribution is 2.15. The Hall–Kier alpha value is -2.76. The maximum Gasteiger partial charge on any atom is 0.192 e. The lowest BCUT2D eigenvalue weighted by Crippen LogP contribution is -2.38. The van der Waals surface area contributed by atoms with E-state index in [1.807, 2.05) is 44.3 Å². The first-order valence-electron chi connectivity index (χ1n) is 8.61. The number of pyridine rings is 1. The van der Waals surface area contributed by atoms with Gasteiger partial charge in [-0.15, -0.1) is 0 Å². The Kier molecular flexibility index (Phi) is 5.07. The fourth-order valence-corrected chi connectivity index (χ4v) is 2.72. The predicted molar refractivity (Wildman–Crippen MR) is 99.7 cm³/mol.